The van der Waals surface area contributed by atoms with Gasteiger partial charge >= 0.3 is 10.4 Å². The average Bonchev–Trinajstić information content (AvgIpc) is 2.59. The lowest BCUT2D eigenvalue weighted by Crippen LogP contribution is -2.10. The van der Waals surface area contributed by atoms with Crippen molar-refractivity contribution in [2.24, 2.45) is 0 Å². The maximum Gasteiger partial charge on any atom is 0.397 e. The van der Waals surface area contributed by atoms with Gasteiger partial charge in [0, 0.05) is 6.61 Å². The van der Waals surface area contributed by atoms with Gasteiger partial charge in [-0.15, -0.1) is 0 Å². The Balaban J connectivity index is 3.12. The van der Waals surface area contributed by atoms with Crippen LogP contribution in [-0.2, 0) is 19.3 Å². The predicted molar refractivity (Wildman–Crippen MR) is 108 cm³/mol. The molecule has 1 N–H and O–H groups in total. The molecule has 0 saturated heterocycles. The molecule has 0 aliphatic carbocycles. The van der Waals surface area contributed by atoms with Gasteiger partial charge in [0.05, 0.1) is 13.2 Å². The lowest BCUT2D eigenvalue weighted by atomic mass is 10.1. The smallest absolute Gasteiger partial charge is 0.379 e. The highest BCUT2D eigenvalue weighted by Gasteiger charge is 2.02. The van der Waals surface area contributed by atoms with Gasteiger partial charge in [-0.25, -0.2) is 4.18 Å². The van der Waals surface area contributed by atoms with Gasteiger partial charge in [-0.05, 0) is 32.1 Å². The Bertz CT molecular complexity index is 406. The van der Waals surface area contributed by atoms with E-state index in [-0.39, 0.29) is 13.2 Å². The normalized spacial score (nSPS) is 12.2. The van der Waals surface area contributed by atoms with Crippen molar-refractivity contribution in [2.75, 3.05) is 19.8 Å². The molecule has 0 radical (unpaired) electrons. The van der Waals surface area contributed by atoms with Gasteiger partial charge in [0.25, 0.3) is 0 Å². The van der Waals surface area contributed by atoms with Crippen LogP contribution >= 0.6 is 0 Å². The van der Waals surface area contributed by atoms with Gasteiger partial charge in [0.2, 0.25) is 0 Å². The average molecular weight is 393 g/mol. The summed E-state index contributed by atoms with van der Waals surface area (Å²) in [5.74, 6) is 0. The maximum atomic E-state index is 10.3. The Morgan fingerprint density at radius 2 is 1.19 bits per heavy atom. The van der Waals surface area contributed by atoms with Crippen LogP contribution in [0.25, 0.3) is 0 Å². The van der Waals surface area contributed by atoms with Crippen LogP contribution in [0.4, 0.5) is 0 Å². The van der Waals surface area contributed by atoms with E-state index in [0.29, 0.717) is 6.61 Å². The topological polar surface area (TPSA) is 72.8 Å². The van der Waals surface area contributed by atoms with E-state index in [2.05, 4.69) is 23.3 Å². The first kappa shape index (κ1) is 25.6. The van der Waals surface area contributed by atoms with E-state index in [0.717, 1.165) is 12.8 Å². The SMILES string of the molecule is CCCCCCCCC=CCCCCCCCCOCCOS(=O)(=O)O. The Morgan fingerprint density at radius 1 is 0.692 bits per heavy atom. The Hall–Kier alpha value is -0.430. The molecule has 0 heterocycles. The maximum absolute atomic E-state index is 10.3. The molecule has 0 fully saturated rings. The zero-order chi connectivity index (χ0) is 19.3. The third kappa shape index (κ3) is 23.6. The molecule has 0 unspecified atom stereocenters. The van der Waals surface area contributed by atoms with E-state index < -0.39 is 10.4 Å². The highest BCUT2D eigenvalue weighted by Crippen LogP contribution is 2.10. The molecule has 0 spiro atoms. The van der Waals surface area contributed by atoms with Gasteiger partial charge in [-0.2, -0.15) is 8.42 Å². The van der Waals surface area contributed by atoms with Gasteiger partial charge in [0.15, 0.2) is 0 Å². The molecule has 0 aromatic carbocycles. The molecular weight excluding hydrogens is 352 g/mol. The number of unbranched alkanes of at least 4 members (excludes halogenated alkanes) is 12. The number of hydrogen-bond donors (Lipinski definition) is 1. The third-order valence-corrected chi connectivity index (χ3v) is 4.72. The van der Waals surface area contributed by atoms with Crippen LogP contribution in [-0.4, -0.2) is 32.8 Å². The highest BCUT2D eigenvalue weighted by atomic mass is 32.3. The van der Waals surface area contributed by atoms with Gasteiger partial charge < -0.3 is 4.74 Å². The molecule has 0 rings (SSSR count). The van der Waals surface area contributed by atoms with E-state index in [9.17, 15) is 8.42 Å². The number of ether oxygens (including phenoxy) is 1. The first-order valence-electron chi connectivity index (χ1n) is 10.4. The summed E-state index contributed by atoms with van der Waals surface area (Å²) in [6.45, 7) is 2.92. The summed E-state index contributed by atoms with van der Waals surface area (Å²) in [6, 6.07) is 0. The zero-order valence-electron chi connectivity index (χ0n) is 16.7. The van der Waals surface area contributed by atoms with Crippen LogP contribution in [0.15, 0.2) is 12.2 Å². The standard InChI is InChI=1S/C20H40O5S/c1-2-3-4-5-6-7-8-9-10-11-12-13-14-15-16-17-18-24-19-20-25-26(21,22)23/h9-10H,2-8,11-20H2,1H3,(H,21,22,23). The summed E-state index contributed by atoms with van der Waals surface area (Å²) >= 11 is 0. The summed E-state index contributed by atoms with van der Waals surface area (Å²) in [5.41, 5.74) is 0. The van der Waals surface area contributed by atoms with E-state index >= 15 is 0 Å². The molecule has 0 bridgehead atoms. The van der Waals surface area contributed by atoms with Gasteiger partial charge in [-0.1, -0.05) is 76.9 Å². The molecular formula is C20H40O5S. The monoisotopic (exact) mass is 392 g/mol. The molecule has 0 atom stereocenters. The lowest BCUT2D eigenvalue weighted by Gasteiger charge is -2.04. The third-order valence-electron chi connectivity index (χ3n) is 4.26. The summed E-state index contributed by atoms with van der Waals surface area (Å²) < 4.78 is 38.4. The molecule has 0 aromatic rings. The minimum Gasteiger partial charge on any atom is -0.379 e. The Labute approximate surface area is 161 Å². The molecule has 26 heavy (non-hydrogen) atoms. The van der Waals surface area contributed by atoms with E-state index in [1.807, 2.05) is 0 Å². The highest BCUT2D eigenvalue weighted by molar-refractivity contribution is 7.80. The minimum absolute atomic E-state index is 0.134. The fraction of sp³-hybridized carbons (Fsp3) is 0.900. The molecule has 0 amide bonds. The first-order chi connectivity index (χ1) is 12.6. The molecule has 156 valence electrons. The lowest BCUT2D eigenvalue weighted by molar-refractivity contribution is 0.0945. The fourth-order valence-electron chi connectivity index (χ4n) is 2.75. The Morgan fingerprint density at radius 3 is 1.73 bits per heavy atom. The molecule has 5 nitrogen and oxygen atoms in total. The van der Waals surface area contributed by atoms with Crippen molar-refractivity contribution in [1.82, 2.24) is 0 Å². The Kier molecular flexibility index (Phi) is 19.0. The fourth-order valence-corrected chi connectivity index (χ4v) is 3.03. The quantitative estimate of drug-likeness (QED) is 0.160. The second-order valence-corrected chi connectivity index (χ2v) is 7.89. The van der Waals surface area contributed by atoms with Crippen molar-refractivity contribution >= 4 is 10.4 Å². The first-order valence-corrected chi connectivity index (χ1v) is 11.8. The van der Waals surface area contributed by atoms with Crippen LogP contribution in [0.5, 0.6) is 0 Å². The van der Waals surface area contributed by atoms with E-state index in [1.165, 1.54) is 77.0 Å². The number of allylic oxidation sites excluding steroid dienone is 2. The summed E-state index contributed by atoms with van der Waals surface area (Å²) in [4.78, 5) is 0. The van der Waals surface area contributed by atoms with Crippen LogP contribution in [0.3, 0.4) is 0 Å². The van der Waals surface area contributed by atoms with Gasteiger partial charge in [0.1, 0.15) is 0 Å². The summed E-state index contributed by atoms with van der Waals surface area (Å²) in [5, 5.41) is 0. The molecule has 0 aromatic heterocycles. The van der Waals surface area contributed by atoms with Crippen LogP contribution in [0, 0.1) is 0 Å². The molecule has 0 aliphatic heterocycles. The van der Waals surface area contributed by atoms with Crippen molar-refractivity contribution in [1.29, 1.82) is 0 Å². The second-order valence-electron chi connectivity index (χ2n) is 6.80. The number of hydrogen-bond acceptors (Lipinski definition) is 4. The van der Waals surface area contributed by atoms with E-state index in [1.54, 1.807) is 0 Å². The van der Waals surface area contributed by atoms with Gasteiger partial charge in [-0.3, -0.25) is 4.55 Å². The van der Waals surface area contributed by atoms with E-state index in [4.69, 9.17) is 9.29 Å². The molecule has 0 aliphatic rings. The minimum atomic E-state index is -4.33. The summed E-state index contributed by atoms with van der Waals surface area (Å²) in [7, 11) is -4.33. The van der Waals surface area contributed by atoms with Crippen LogP contribution in [0.2, 0.25) is 0 Å². The second kappa shape index (κ2) is 19.3. The summed E-state index contributed by atoms with van der Waals surface area (Å²) in [6.07, 6.45) is 22.5. The van der Waals surface area contributed by atoms with Crippen molar-refractivity contribution < 1.29 is 21.9 Å². The molecule has 6 heteroatoms. The molecule has 0 saturated carbocycles. The van der Waals surface area contributed by atoms with Crippen LogP contribution in [0.1, 0.15) is 96.8 Å². The zero-order valence-corrected chi connectivity index (χ0v) is 17.5. The van der Waals surface area contributed by atoms with Crippen molar-refractivity contribution in [3.63, 3.8) is 0 Å². The van der Waals surface area contributed by atoms with Crippen LogP contribution < -0.4 is 0 Å². The van der Waals surface area contributed by atoms with Crippen molar-refractivity contribution in [2.45, 2.75) is 96.8 Å². The largest absolute Gasteiger partial charge is 0.397 e. The predicted octanol–water partition coefficient (Wildman–Crippen LogP) is 5.86. The van der Waals surface area contributed by atoms with Crippen molar-refractivity contribution in [3.05, 3.63) is 12.2 Å². The van der Waals surface area contributed by atoms with Crippen molar-refractivity contribution in [3.8, 4) is 0 Å². The number of rotatable bonds is 20.